The van der Waals surface area contributed by atoms with E-state index in [0.717, 1.165) is 22.4 Å². The molecule has 1 aromatic heterocycles. The lowest BCUT2D eigenvalue weighted by molar-refractivity contribution is -0.147. The Kier molecular flexibility index (Phi) is 4.09. The number of hydrogen-bond donors (Lipinski definition) is 2. The quantitative estimate of drug-likeness (QED) is 0.848. The molecule has 3 heterocycles. The van der Waals surface area contributed by atoms with Gasteiger partial charge in [-0.3, -0.25) is 9.59 Å². The number of anilines is 1. The van der Waals surface area contributed by atoms with Crippen molar-refractivity contribution in [2.45, 2.75) is 32.0 Å². The number of carbonyl (C=O) groups excluding carboxylic acids is 1. The van der Waals surface area contributed by atoms with E-state index in [9.17, 15) is 14.7 Å². The van der Waals surface area contributed by atoms with Crippen LogP contribution in [0.5, 0.6) is 5.75 Å². The SMILES string of the molecule is CCOc1ccc2nc(NC(=O)[C@@H]3[C@@H](C(=O)O)[C@@H]4CC[C@H]3O4)sc2c1. The average Bonchev–Trinajstić information content (AvgIpc) is 3.27. The molecule has 0 unspecified atom stereocenters. The van der Waals surface area contributed by atoms with E-state index < -0.39 is 17.8 Å². The van der Waals surface area contributed by atoms with E-state index in [1.54, 1.807) is 0 Å². The molecule has 2 bridgehead atoms. The molecule has 7 nitrogen and oxygen atoms in total. The fraction of sp³-hybridized carbons (Fsp3) is 0.471. The van der Waals surface area contributed by atoms with Gasteiger partial charge in [0.25, 0.3) is 0 Å². The van der Waals surface area contributed by atoms with Gasteiger partial charge in [0.05, 0.1) is 40.9 Å². The zero-order valence-corrected chi connectivity index (χ0v) is 14.4. The van der Waals surface area contributed by atoms with Crippen molar-refractivity contribution in [3.05, 3.63) is 18.2 Å². The summed E-state index contributed by atoms with van der Waals surface area (Å²) in [6.45, 7) is 2.49. The van der Waals surface area contributed by atoms with Gasteiger partial charge in [0.2, 0.25) is 5.91 Å². The molecule has 0 aliphatic carbocycles. The van der Waals surface area contributed by atoms with E-state index in [0.29, 0.717) is 18.2 Å². The van der Waals surface area contributed by atoms with Gasteiger partial charge < -0.3 is 19.9 Å². The normalized spacial score (nSPS) is 27.6. The van der Waals surface area contributed by atoms with Crippen LogP contribution in [0.3, 0.4) is 0 Å². The topological polar surface area (TPSA) is 97.8 Å². The van der Waals surface area contributed by atoms with Crippen LogP contribution >= 0.6 is 11.3 Å². The maximum absolute atomic E-state index is 12.7. The molecule has 1 aromatic carbocycles. The van der Waals surface area contributed by atoms with Crippen LogP contribution in [0.1, 0.15) is 19.8 Å². The Morgan fingerprint density at radius 2 is 2.12 bits per heavy atom. The number of carboxylic acid groups (broad SMARTS) is 1. The molecule has 132 valence electrons. The maximum Gasteiger partial charge on any atom is 0.310 e. The first-order valence-electron chi connectivity index (χ1n) is 8.29. The van der Waals surface area contributed by atoms with Crippen LogP contribution in [0.15, 0.2) is 18.2 Å². The van der Waals surface area contributed by atoms with Crippen LogP contribution in [0.4, 0.5) is 5.13 Å². The number of aliphatic carboxylic acids is 1. The van der Waals surface area contributed by atoms with Crippen LogP contribution in [0, 0.1) is 11.8 Å². The highest BCUT2D eigenvalue weighted by Gasteiger charge is 2.55. The molecule has 2 fully saturated rings. The molecule has 2 aromatic rings. The summed E-state index contributed by atoms with van der Waals surface area (Å²) in [5.41, 5.74) is 0.766. The van der Waals surface area contributed by atoms with Gasteiger partial charge in [-0.05, 0) is 38.0 Å². The number of nitrogens with one attached hydrogen (secondary N) is 1. The van der Waals surface area contributed by atoms with E-state index >= 15 is 0 Å². The van der Waals surface area contributed by atoms with Gasteiger partial charge in [0.1, 0.15) is 5.75 Å². The molecule has 2 aliphatic rings. The number of carbonyl (C=O) groups is 2. The van der Waals surface area contributed by atoms with Gasteiger partial charge in [-0.1, -0.05) is 11.3 Å². The standard InChI is InChI=1S/C17H18N2O5S/c1-2-23-8-3-4-9-12(7-8)25-17(18-9)19-15(20)13-10-5-6-11(24-10)14(13)16(21)22/h3-4,7,10-11,13-14H,2,5-6H2,1H3,(H,21,22)(H,18,19,20)/t10-,11+,13+,14+/m1/s1. The molecule has 1 amide bonds. The van der Waals surface area contributed by atoms with Gasteiger partial charge >= 0.3 is 5.97 Å². The Morgan fingerprint density at radius 3 is 2.84 bits per heavy atom. The van der Waals surface area contributed by atoms with Crippen molar-refractivity contribution >= 4 is 38.6 Å². The van der Waals surface area contributed by atoms with E-state index in [1.807, 2.05) is 25.1 Å². The predicted molar refractivity (Wildman–Crippen MR) is 91.9 cm³/mol. The zero-order valence-electron chi connectivity index (χ0n) is 13.6. The molecule has 0 radical (unpaired) electrons. The highest BCUT2D eigenvalue weighted by atomic mass is 32.1. The highest BCUT2D eigenvalue weighted by Crippen LogP contribution is 2.44. The number of thiazole rings is 1. The lowest BCUT2D eigenvalue weighted by atomic mass is 9.79. The smallest absolute Gasteiger partial charge is 0.310 e. The summed E-state index contributed by atoms with van der Waals surface area (Å²) in [5, 5.41) is 12.7. The Balaban J connectivity index is 1.54. The number of nitrogens with zero attached hydrogens (tertiary/aromatic N) is 1. The molecule has 25 heavy (non-hydrogen) atoms. The van der Waals surface area contributed by atoms with Crippen molar-refractivity contribution in [1.82, 2.24) is 4.98 Å². The number of aromatic nitrogens is 1. The van der Waals surface area contributed by atoms with Gasteiger partial charge in [-0.15, -0.1) is 0 Å². The molecule has 2 aliphatic heterocycles. The average molecular weight is 362 g/mol. The second-order valence-corrected chi connectivity index (χ2v) is 7.28. The largest absolute Gasteiger partial charge is 0.494 e. The van der Waals surface area contributed by atoms with E-state index in [-0.39, 0.29) is 18.1 Å². The number of ether oxygens (including phenoxy) is 2. The fourth-order valence-electron chi connectivity index (χ4n) is 3.73. The number of rotatable bonds is 5. The minimum absolute atomic E-state index is 0.315. The second-order valence-electron chi connectivity index (χ2n) is 6.25. The summed E-state index contributed by atoms with van der Waals surface area (Å²) >= 11 is 1.34. The minimum atomic E-state index is -0.974. The van der Waals surface area contributed by atoms with Crippen molar-refractivity contribution in [3.8, 4) is 5.75 Å². The van der Waals surface area contributed by atoms with Gasteiger partial charge in [0.15, 0.2) is 5.13 Å². The third kappa shape index (κ3) is 2.85. The Labute approximate surface area is 148 Å². The van der Waals surface area contributed by atoms with Crippen LogP contribution in [-0.4, -0.2) is 40.8 Å². The maximum atomic E-state index is 12.7. The van der Waals surface area contributed by atoms with E-state index in [2.05, 4.69) is 10.3 Å². The Bertz CT molecular complexity index is 836. The van der Waals surface area contributed by atoms with Gasteiger partial charge in [0, 0.05) is 0 Å². The molecular weight excluding hydrogens is 344 g/mol. The number of fused-ring (bicyclic) bond motifs is 3. The zero-order chi connectivity index (χ0) is 17.6. The molecule has 4 atom stereocenters. The summed E-state index contributed by atoms with van der Waals surface area (Å²) in [7, 11) is 0. The van der Waals surface area contributed by atoms with E-state index in [4.69, 9.17) is 9.47 Å². The number of hydrogen-bond acceptors (Lipinski definition) is 6. The van der Waals surface area contributed by atoms with Gasteiger partial charge in [-0.25, -0.2) is 4.98 Å². The minimum Gasteiger partial charge on any atom is -0.494 e. The Hall–Kier alpha value is -2.19. The van der Waals surface area contributed by atoms with Crippen molar-refractivity contribution < 1.29 is 24.2 Å². The monoisotopic (exact) mass is 362 g/mol. The summed E-state index contributed by atoms with van der Waals surface area (Å²) in [5.74, 6) is -1.99. The molecule has 2 N–H and O–H groups in total. The summed E-state index contributed by atoms with van der Waals surface area (Å²) in [4.78, 5) is 28.6. The van der Waals surface area contributed by atoms with Crippen molar-refractivity contribution in [1.29, 1.82) is 0 Å². The highest BCUT2D eigenvalue weighted by molar-refractivity contribution is 7.22. The number of amides is 1. The van der Waals surface area contributed by atoms with Crippen LogP contribution in [-0.2, 0) is 14.3 Å². The van der Waals surface area contributed by atoms with Gasteiger partial charge in [-0.2, -0.15) is 0 Å². The van der Waals surface area contributed by atoms with Crippen molar-refractivity contribution in [3.63, 3.8) is 0 Å². The van der Waals surface area contributed by atoms with Crippen molar-refractivity contribution in [2.24, 2.45) is 11.8 Å². The number of carboxylic acids is 1. The first-order valence-corrected chi connectivity index (χ1v) is 9.11. The first kappa shape index (κ1) is 16.3. The van der Waals surface area contributed by atoms with Crippen LogP contribution in [0.25, 0.3) is 10.2 Å². The fourth-order valence-corrected chi connectivity index (χ4v) is 4.63. The number of benzene rings is 1. The molecule has 0 spiro atoms. The molecular formula is C17H18N2O5S. The molecule has 0 saturated carbocycles. The Morgan fingerprint density at radius 1 is 1.36 bits per heavy atom. The molecule has 4 rings (SSSR count). The molecule has 2 saturated heterocycles. The van der Waals surface area contributed by atoms with Crippen LogP contribution < -0.4 is 10.1 Å². The summed E-state index contributed by atoms with van der Waals surface area (Å²) in [6.07, 6.45) is 0.754. The third-order valence-electron chi connectivity index (χ3n) is 4.76. The van der Waals surface area contributed by atoms with Crippen molar-refractivity contribution in [2.75, 3.05) is 11.9 Å². The van der Waals surface area contributed by atoms with Crippen LogP contribution in [0.2, 0.25) is 0 Å². The summed E-state index contributed by atoms with van der Waals surface area (Å²) in [6, 6.07) is 5.56. The molecule has 8 heteroatoms. The predicted octanol–water partition coefficient (Wildman–Crippen LogP) is 2.51. The lowest BCUT2D eigenvalue weighted by Crippen LogP contribution is -2.40. The first-order chi connectivity index (χ1) is 12.1. The summed E-state index contributed by atoms with van der Waals surface area (Å²) < 4.78 is 12.0. The van der Waals surface area contributed by atoms with E-state index in [1.165, 1.54) is 11.3 Å². The second kappa shape index (κ2) is 6.27. The lowest BCUT2D eigenvalue weighted by Gasteiger charge is -2.23. The third-order valence-corrected chi connectivity index (χ3v) is 5.70.